The fourth-order valence-electron chi connectivity index (χ4n) is 2.75. The zero-order chi connectivity index (χ0) is 15.9. The maximum absolute atomic E-state index is 11.1. The van der Waals surface area contributed by atoms with Gasteiger partial charge in [-0.3, -0.25) is 4.79 Å². The first-order valence-corrected chi connectivity index (χ1v) is 8.02. The molecule has 0 radical (unpaired) electrons. The Balaban J connectivity index is 2.04. The highest BCUT2D eigenvalue weighted by atomic mass is 16.1. The van der Waals surface area contributed by atoms with Gasteiger partial charge >= 0.3 is 0 Å². The van der Waals surface area contributed by atoms with Crippen LogP contribution in [-0.2, 0) is 6.54 Å². The average Bonchev–Trinajstić information content (AvgIpc) is 2.52. The monoisotopic (exact) mass is 302 g/mol. The lowest BCUT2D eigenvalue weighted by molar-refractivity contribution is 0.100. The molecule has 0 aromatic heterocycles. The van der Waals surface area contributed by atoms with Gasteiger partial charge in [-0.15, -0.1) is 0 Å². The molecule has 0 spiro atoms. The number of carbonyl (C=O) groups excluding carboxylic acids is 1. The third kappa shape index (κ3) is 4.48. The molecule has 5 heteroatoms. The topological polar surface area (TPSA) is 70.7 Å². The third-order valence-electron chi connectivity index (χ3n) is 3.94. The Kier molecular flexibility index (Phi) is 5.81. The highest BCUT2D eigenvalue weighted by Crippen LogP contribution is 2.15. The van der Waals surface area contributed by atoms with E-state index in [4.69, 9.17) is 10.7 Å². The molecule has 3 N–H and O–H groups in total. The number of piperidine rings is 1. The number of carbonyl (C=O) groups is 1. The van der Waals surface area contributed by atoms with Gasteiger partial charge in [0.05, 0.1) is 6.54 Å². The van der Waals surface area contributed by atoms with Crippen molar-refractivity contribution in [3.05, 3.63) is 35.4 Å². The third-order valence-corrected chi connectivity index (χ3v) is 3.94. The van der Waals surface area contributed by atoms with Crippen LogP contribution in [0.5, 0.6) is 0 Å². The highest BCUT2D eigenvalue weighted by molar-refractivity contribution is 5.92. The number of likely N-dealkylation sites (tertiary alicyclic amines) is 1. The van der Waals surface area contributed by atoms with Crippen molar-refractivity contribution in [3.8, 4) is 0 Å². The van der Waals surface area contributed by atoms with E-state index in [0.717, 1.165) is 31.2 Å². The minimum Gasteiger partial charge on any atom is -0.366 e. The Bertz CT molecular complexity index is 524. The molecule has 1 saturated heterocycles. The Hall–Kier alpha value is -2.04. The van der Waals surface area contributed by atoms with E-state index in [2.05, 4.69) is 24.1 Å². The van der Waals surface area contributed by atoms with Crippen LogP contribution in [0.1, 0.15) is 42.6 Å². The smallest absolute Gasteiger partial charge is 0.248 e. The maximum Gasteiger partial charge on any atom is 0.248 e. The van der Waals surface area contributed by atoms with Crippen LogP contribution in [0.15, 0.2) is 29.3 Å². The summed E-state index contributed by atoms with van der Waals surface area (Å²) in [6.07, 6.45) is 2.52. The van der Waals surface area contributed by atoms with Crippen LogP contribution in [0, 0.1) is 5.92 Å². The molecule has 0 aliphatic carbocycles. The number of nitrogens with one attached hydrogen (secondary N) is 1. The van der Waals surface area contributed by atoms with E-state index < -0.39 is 5.91 Å². The normalized spacial score (nSPS) is 19.1. The second-order valence-corrected chi connectivity index (χ2v) is 5.92. The first-order valence-electron chi connectivity index (χ1n) is 8.02. The number of nitrogens with two attached hydrogens (primary N) is 1. The molecule has 22 heavy (non-hydrogen) atoms. The van der Waals surface area contributed by atoms with Crippen LogP contribution in [0.3, 0.4) is 0 Å². The van der Waals surface area contributed by atoms with Crippen molar-refractivity contribution in [2.45, 2.75) is 33.2 Å². The number of nitrogens with zero attached hydrogens (tertiary/aromatic N) is 2. The molecular weight excluding hydrogens is 276 g/mol. The zero-order valence-corrected chi connectivity index (χ0v) is 13.5. The number of guanidine groups is 1. The van der Waals surface area contributed by atoms with Crippen molar-refractivity contribution in [2.75, 3.05) is 19.6 Å². The minimum absolute atomic E-state index is 0.398. The number of hydrogen-bond acceptors (Lipinski definition) is 2. The molecule has 1 aromatic rings. The fraction of sp³-hybridized carbons (Fsp3) is 0.529. The van der Waals surface area contributed by atoms with Gasteiger partial charge in [-0.05, 0) is 43.4 Å². The average molecular weight is 302 g/mol. The molecule has 120 valence electrons. The lowest BCUT2D eigenvalue weighted by Gasteiger charge is -2.33. The molecule has 1 aromatic carbocycles. The van der Waals surface area contributed by atoms with E-state index >= 15 is 0 Å². The molecule has 2 rings (SSSR count). The minimum atomic E-state index is -0.398. The van der Waals surface area contributed by atoms with Crippen LogP contribution >= 0.6 is 0 Å². The Morgan fingerprint density at radius 2 is 2.14 bits per heavy atom. The summed E-state index contributed by atoms with van der Waals surface area (Å²) in [5, 5.41) is 3.37. The lowest BCUT2D eigenvalue weighted by Crippen LogP contribution is -2.46. The van der Waals surface area contributed by atoms with E-state index in [0.29, 0.717) is 18.0 Å². The van der Waals surface area contributed by atoms with Crippen molar-refractivity contribution < 1.29 is 4.79 Å². The SMILES string of the molecule is CCNC(=NCc1ccc(C(N)=O)cc1)N1CCCC(C)C1. The second kappa shape index (κ2) is 7.82. The molecule has 1 atom stereocenters. The van der Waals surface area contributed by atoms with Crippen molar-refractivity contribution in [2.24, 2.45) is 16.6 Å². The van der Waals surface area contributed by atoms with Crippen molar-refractivity contribution in [1.29, 1.82) is 0 Å². The highest BCUT2D eigenvalue weighted by Gasteiger charge is 2.18. The number of aliphatic imine (C=N–C) groups is 1. The van der Waals surface area contributed by atoms with Crippen LogP contribution in [0.2, 0.25) is 0 Å². The van der Waals surface area contributed by atoms with E-state index in [1.807, 2.05) is 12.1 Å². The van der Waals surface area contributed by atoms with E-state index in [1.54, 1.807) is 12.1 Å². The molecule has 1 aliphatic heterocycles. The molecule has 1 fully saturated rings. The predicted octanol–water partition coefficient (Wildman–Crippen LogP) is 1.98. The predicted molar refractivity (Wildman–Crippen MR) is 89.7 cm³/mol. The van der Waals surface area contributed by atoms with Crippen LogP contribution in [0.4, 0.5) is 0 Å². The molecule has 0 saturated carbocycles. The van der Waals surface area contributed by atoms with Gasteiger partial charge in [0, 0.05) is 25.2 Å². The summed E-state index contributed by atoms with van der Waals surface area (Å²) in [5.74, 6) is 1.30. The van der Waals surface area contributed by atoms with Gasteiger partial charge in [0.15, 0.2) is 5.96 Å². The summed E-state index contributed by atoms with van der Waals surface area (Å²) in [4.78, 5) is 18.2. The first kappa shape index (κ1) is 16.3. The Morgan fingerprint density at radius 3 is 2.73 bits per heavy atom. The number of rotatable bonds is 4. The van der Waals surface area contributed by atoms with Gasteiger partial charge in [0.25, 0.3) is 0 Å². The van der Waals surface area contributed by atoms with E-state index in [1.165, 1.54) is 12.8 Å². The van der Waals surface area contributed by atoms with Gasteiger partial charge in [-0.2, -0.15) is 0 Å². The molecule has 5 nitrogen and oxygen atoms in total. The van der Waals surface area contributed by atoms with Crippen LogP contribution in [-0.4, -0.2) is 36.4 Å². The Labute approximate surface area is 132 Å². The van der Waals surface area contributed by atoms with Crippen molar-refractivity contribution >= 4 is 11.9 Å². The summed E-state index contributed by atoms with van der Waals surface area (Å²) in [6.45, 7) is 7.97. The molecule has 1 amide bonds. The van der Waals surface area contributed by atoms with Crippen molar-refractivity contribution in [3.63, 3.8) is 0 Å². The summed E-state index contributed by atoms with van der Waals surface area (Å²) in [5.41, 5.74) is 6.86. The van der Waals surface area contributed by atoms with Gasteiger partial charge in [-0.25, -0.2) is 4.99 Å². The number of benzene rings is 1. The molecule has 1 unspecified atom stereocenters. The summed E-state index contributed by atoms with van der Waals surface area (Å²) >= 11 is 0. The zero-order valence-electron chi connectivity index (χ0n) is 13.5. The van der Waals surface area contributed by atoms with E-state index in [-0.39, 0.29) is 0 Å². The number of amides is 1. The maximum atomic E-state index is 11.1. The van der Waals surface area contributed by atoms with Gasteiger partial charge < -0.3 is 16.0 Å². The standard InChI is InChI=1S/C17H26N4O/c1-3-19-17(21-10-4-5-13(2)12-21)20-11-14-6-8-15(9-7-14)16(18)22/h6-9,13H,3-5,10-12H2,1-2H3,(H2,18,22)(H,19,20). The quantitative estimate of drug-likeness (QED) is 0.660. The summed E-state index contributed by atoms with van der Waals surface area (Å²) < 4.78 is 0. The molecule has 1 aliphatic rings. The van der Waals surface area contributed by atoms with Gasteiger partial charge in [0.1, 0.15) is 0 Å². The summed E-state index contributed by atoms with van der Waals surface area (Å²) in [7, 11) is 0. The van der Waals surface area contributed by atoms with E-state index in [9.17, 15) is 4.79 Å². The molecule has 1 heterocycles. The van der Waals surface area contributed by atoms with Gasteiger partial charge in [-0.1, -0.05) is 19.1 Å². The van der Waals surface area contributed by atoms with Crippen molar-refractivity contribution in [1.82, 2.24) is 10.2 Å². The largest absolute Gasteiger partial charge is 0.366 e. The lowest BCUT2D eigenvalue weighted by atomic mass is 10.0. The second-order valence-electron chi connectivity index (χ2n) is 5.92. The van der Waals surface area contributed by atoms with Crippen LogP contribution in [0.25, 0.3) is 0 Å². The summed E-state index contributed by atoms with van der Waals surface area (Å²) in [6, 6.07) is 7.32. The number of primary amides is 1. The van der Waals surface area contributed by atoms with Crippen LogP contribution < -0.4 is 11.1 Å². The number of hydrogen-bond donors (Lipinski definition) is 2. The first-order chi connectivity index (χ1) is 10.6. The van der Waals surface area contributed by atoms with Gasteiger partial charge in [0.2, 0.25) is 5.91 Å². The molecular formula is C17H26N4O. The molecule has 0 bridgehead atoms. The fourth-order valence-corrected chi connectivity index (χ4v) is 2.75. The Morgan fingerprint density at radius 1 is 1.41 bits per heavy atom.